The normalized spacial score (nSPS) is 10.3. The fourth-order valence-electron chi connectivity index (χ4n) is 1.84. The number of nitrogens with zero attached hydrogens (tertiary/aromatic N) is 2. The predicted molar refractivity (Wildman–Crippen MR) is 92.1 cm³/mol. The second kappa shape index (κ2) is 8.65. The van der Waals surface area contributed by atoms with Crippen molar-refractivity contribution < 1.29 is 14.3 Å². The van der Waals surface area contributed by atoms with Crippen LogP contribution in [0.4, 0.5) is 0 Å². The van der Waals surface area contributed by atoms with Crippen LogP contribution < -0.4 is 5.32 Å². The van der Waals surface area contributed by atoms with E-state index in [0.717, 1.165) is 5.56 Å². The molecule has 0 saturated carbocycles. The molecule has 24 heavy (non-hydrogen) atoms. The van der Waals surface area contributed by atoms with Crippen molar-refractivity contribution in [3.63, 3.8) is 0 Å². The van der Waals surface area contributed by atoms with Gasteiger partial charge in [0.05, 0.1) is 18.3 Å². The summed E-state index contributed by atoms with van der Waals surface area (Å²) in [5.74, 6) is -0.431. The first-order chi connectivity index (χ1) is 11.5. The topological polar surface area (TPSA) is 81.2 Å². The number of benzene rings is 1. The van der Waals surface area contributed by atoms with Crippen molar-refractivity contribution in [2.45, 2.75) is 17.8 Å². The van der Waals surface area contributed by atoms with Crippen LogP contribution in [-0.4, -0.2) is 35.5 Å². The van der Waals surface area contributed by atoms with Crippen molar-refractivity contribution in [1.82, 2.24) is 15.3 Å². The Labute approximate surface area is 149 Å². The van der Waals surface area contributed by atoms with Crippen LogP contribution in [0, 0.1) is 6.92 Å². The molecule has 0 unspecified atom stereocenters. The number of halogens is 1. The van der Waals surface area contributed by atoms with Crippen molar-refractivity contribution >= 4 is 35.2 Å². The molecule has 1 aromatic heterocycles. The molecule has 1 amide bonds. The van der Waals surface area contributed by atoms with Crippen molar-refractivity contribution in [2.75, 3.05) is 13.7 Å². The molecule has 0 spiro atoms. The summed E-state index contributed by atoms with van der Waals surface area (Å²) in [7, 11) is 1.24. The molecular weight excluding hydrogens is 350 g/mol. The molecule has 8 heteroatoms. The van der Waals surface area contributed by atoms with Gasteiger partial charge in [-0.15, -0.1) is 0 Å². The Morgan fingerprint density at radius 1 is 1.38 bits per heavy atom. The molecule has 126 valence electrons. The standard InChI is InChI=1S/C16H16ClN3O3S/c1-10-4-3-5-11(6-10)9-24-16-19-7-12(17)14(20-16)15(22)18-8-13(21)23-2/h3-7H,8-9H2,1-2H3,(H,18,22). The highest BCUT2D eigenvalue weighted by molar-refractivity contribution is 7.98. The molecule has 0 aliphatic heterocycles. The van der Waals surface area contributed by atoms with E-state index in [2.05, 4.69) is 26.1 Å². The number of methoxy groups -OCH3 is 1. The smallest absolute Gasteiger partial charge is 0.325 e. The van der Waals surface area contributed by atoms with Crippen LogP contribution in [0.25, 0.3) is 0 Å². The number of ether oxygens (including phenoxy) is 1. The fraction of sp³-hybridized carbons (Fsp3) is 0.250. The first kappa shape index (κ1) is 18.2. The number of aromatic nitrogens is 2. The Morgan fingerprint density at radius 2 is 2.17 bits per heavy atom. The van der Waals surface area contributed by atoms with E-state index in [1.54, 1.807) is 0 Å². The van der Waals surface area contributed by atoms with Crippen molar-refractivity contribution in [1.29, 1.82) is 0 Å². The van der Waals surface area contributed by atoms with Crippen molar-refractivity contribution in [3.8, 4) is 0 Å². The third kappa shape index (κ3) is 5.21. The van der Waals surface area contributed by atoms with E-state index in [9.17, 15) is 9.59 Å². The lowest BCUT2D eigenvalue weighted by molar-refractivity contribution is -0.139. The number of carbonyl (C=O) groups excluding carboxylic acids is 2. The Hall–Kier alpha value is -2.12. The summed E-state index contributed by atoms with van der Waals surface area (Å²) in [5.41, 5.74) is 2.34. The number of rotatable bonds is 6. The summed E-state index contributed by atoms with van der Waals surface area (Å²) < 4.78 is 4.46. The molecule has 6 nitrogen and oxygen atoms in total. The van der Waals surface area contributed by atoms with Gasteiger partial charge in [-0.2, -0.15) is 0 Å². The van der Waals surface area contributed by atoms with Crippen LogP contribution in [0.15, 0.2) is 35.6 Å². The highest BCUT2D eigenvalue weighted by Crippen LogP contribution is 2.22. The van der Waals surface area contributed by atoms with Gasteiger partial charge in [-0.1, -0.05) is 53.2 Å². The van der Waals surface area contributed by atoms with E-state index in [0.29, 0.717) is 10.9 Å². The van der Waals surface area contributed by atoms with E-state index in [4.69, 9.17) is 11.6 Å². The zero-order valence-corrected chi connectivity index (χ0v) is 14.8. The number of hydrogen-bond donors (Lipinski definition) is 1. The highest BCUT2D eigenvalue weighted by Gasteiger charge is 2.15. The van der Waals surface area contributed by atoms with Crippen molar-refractivity contribution in [2.24, 2.45) is 0 Å². The zero-order chi connectivity index (χ0) is 17.5. The third-order valence-corrected chi connectivity index (χ3v) is 4.22. The van der Waals surface area contributed by atoms with Crippen LogP contribution in [0.5, 0.6) is 0 Å². The quantitative estimate of drug-likeness (QED) is 0.481. The summed E-state index contributed by atoms with van der Waals surface area (Å²) in [6.07, 6.45) is 1.38. The fourth-order valence-corrected chi connectivity index (χ4v) is 2.77. The van der Waals surface area contributed by atoms with Gasteiger partial charge in [0.25, 0.3) is 5.91 Å². The van der Waals surface area contributed by atoms with Gasteiger partial charge in [0.1, 0.15) is 6.54 Å². The molecule has 0 saturated heterocycles. The average molecular weight is 366 g/mol. The Bertz CT molecular complexity index is 755. The second-order valence-corrected chi connectivity index (χ2v) is 6.24. The summed E-state index contributed by atoms with van der Waals surface area (Å²) in [6, 6.07) is 8.10. The average Bonchev–Trinajstić information content (AvgIpc) is 2.58. The van der Waals surface area contributed by atoms with E-state index in [-0.39, 0.29) is 17.3 Å². The number of nitrogens with one attached hydrogen (secondary N) is 1. The van der Waals surface area contributed by atoms with Gasteiger partial charge in [-0.05, 0) is 12.5 Å². The van der Waals surface area contributed by atoms with Gasteiger partial charge in [-0.3, -0.25) is 9.59 Å². The second-order valence-electron chi connectivity index (χ2n) is 4.89. The molecule has 2 aromatic rings. The van der Waals surface area contributed by atoms with Gasteiger partial charge >= 0.3 is 5.97 Å². The maximum absolute atomic E-state index is 12.1. The summed E-state index contributed by atoms with van der Waals surface area (Å²) >= 11 is 7.37. The summed E-state index contributed by atoms with van der Waals surface area (Å²) in [4.78, 5) is 31.4. The minimum atomic E-state index is -0.553. The van der Waals surface area contributed by atoms with E-state index >= 15 is 0 Å². The molecule has 1 aromatic carbocycles. The van der Waals surface area contributed by atoms with Crippen LogP contribution in [0.2, 0.25) is 5.02 Å². The number of amides is 1. The molecule has 0 fully saturated rings. The van der Waals surface area contributed by atoms with E-state index < -0.39 is 11.9 Å². The molecule has 0 aliphatic rings. The van der Waals surface area contributed by atoms with E-state index in [1.165, 1.54) is 30.6 Å². The van der Waals surface area contributed by atoms with Gasteiger partial charge in [0.2, 0.25) is 0 Å². The number of hydrogen-bond acceptors (Lipinski definition) is 6. The van der Waals surface area contributed by atoms with Crippen molar-refractivity contribution in [3.05, 3.63) is 52.3 Å². The van der Waals surface area contributed by atoms with Gasteiger partial charge in [0.15, 0.2) is 10.9 Å². The maximum atomic E-state index is 12.1. The SMILES string of the molecule is COC(=O)CNC(=O)c1nc(SCc2cccc(C)c2)ncc1Cl. The Kier molecular flexibility index (Phi) is 6.57. The van der Waals surface area contributed by atoms with E-state index in [1.807, 2.05) is 25.1 Å². The number of aryl methyl sites for hydroxylation is 1. The molecule has 0 radical (unpaired) electrons. The molecule has 1 heterocycles. The lowest BCUT2D eigenvalue weighted by Gasteiger charge is -2.07. The summed E-state index contributed by atoms with van der Waals surface area (Å²) in [6.45, 7) is 1.78. The monoisotopic (exact) mass is 365 g/mol. The first-order valence-corrected chi connectivity index (χ1v) is 8.42. The number of carbonyl (C=O) groups is 2. The molecule has 0 atom stereocenters. The zero-order valence-electron chi connectivity index (χ0n) is 13.2. The largest absolute Gasteiger partial charge is 0.468 e. The molecule has 0 bridgehead atoms. The minimum absolute atomic E-state index is 0.0299. The molecule has 1 N–H and O–H groups in total. The van der Waals surface area contributed by atoms with Gasteiger partial charge < -0.3 is 10.1 Å². The Morgan fingerprint density at radius 3 is 2.88 bits per heavy atom. The lowest BCUT2D eigenvalue weighted by Crippen LogP contribution is -2.31. The summed E-state index contributed by atoms with van der Waals surface area (Å²) in [5, 5.41) is 2.96. The maximum Gasteiger partial charge on any atom is 0.325 e. The Balaban J connectivity index is 2.04. The van der Waals surface area contributed by atoms with Gasteiger partial charge in [-0.25, -0.2) is 9.97 Å². The minimum Gasteiger partial charge on any atom is -0.468 e. The van der Waals surface area contributed by atoms with Crippen LogP contribution in [-0.2, 0) is 15.3 Å². The van der Waals surface area contributed by atoms with Crippen LogP contribution in [0.1, 0.15) is 21.6 Å². The lowest BCUT2D eigenvalue weighted by atomic mass is 10.2. The number of thioether (sulfide) groups is 1. The predicted octanol–water partition coefficient (Wildman–Crippen LogP) is 2.63. The van der Waals surface area contributed by atoms with Gasteiger partial charge in [0, 0.05) is 5.75 Å². The highest BCUT2D eigenvalue weighted by atomic mass is 35.5. The van der Waals surface area contributed by atoms with Crippen LogP contribution >= 0.6 is 23.4 Å². The molecular formula is C16H16ClN3O3S. The first-order valence-electron chi connectivity index (χ1n) is 7.05. The third-order valence-electron chi connectivity index (χ3n) is 3.01. The number of esters is 1. The molecule has 0 aliphatic carbocycles. The molecule has 2 rings (SSSR count). The van der Waals surface area contributed by atoms with Crippen LogP contribution in [0.3, 0.4) is 0 Å².